The van der Waals surface area contributed by atoms with E-state index in [9.17, 15) is 18.0 Å². The zero-order chi connectivity index (χ0) is 16.5. The number of nitrogens with zero attached hydrogens (tertiary/aromatic N) is 1. The van der Waals surface area contributed by atoms with Crippen LogP contribution in [0, 0.1) is 18.2 Å². The van der Waals surface area contributed by atoms with E-state index < -0.39 is 29.2 Å². The summed E-state index contributed by atoms with van der Waals surface area (Å²) < 4.78 is 39.1. The molecule has 1 aromatic heterocycles. The number of hydrogen-bond donors (Lipinski definition) is 2. The molecule has 118 valence electrons. The molecular formula is C15H16F3N3O. The molecule has 4 nitrogen and oxygen atoms in total. The predicted octanol–water partition coefficient (Wildman–Crippen LogP) is 2.57. The van der Waals surface area contributed by atoms with Gasteiger partial charge in [0.05, 0.1) is 17.3 Å². The lowest BCUT2D eigenvalue weighted by Crippen LogP contribution is -2.45. The molecule has 0 unspecified atom stereocenters. The number of rotatable bonds is 4. The van der Waals surface area contributed by atoms with E-state index in [1.165, 1.54) is 0 Å². The molecular weight excluding hydrogens is 295 g/mol. The predicted molar refractivity (Wildman–Crippen MR) is 76.2 cm³/mol. The summed E-state index contributed by atoms with van der Waals surface area (Å²) in [5, 5.41) is 5.29. The molecule has 0 spiro atoms. The van der Waals surface area contributed by atoms with Gasteiger partial charge in [-0.25, -0.2) is 18.2 Å². The SMILES string of the molecule is C#CC(C)(C)NC(=O)c1cc(F)cnc1NC1CC(F)(F)C1. The van der Waals surface area contributed by atoms with Crippen LogP contribution in [-0.2, 0) is 0 Å². The van der Waals surface area contributed by atoms with Crippen LogP contribution in [0.4, 0.5) is 19.0 Å². The lowest BCUT2D eigenvalue weighted by Gasteiger charge is -2.36. The van der Waals surface area contributed by atoms with Gasteiger partial charge in [-0.05, 0) is 19.9 Å². The highest BCUT2D eigenvalue weighted by Crippen LogP contribution is 2.39. The van der Waals surface area contributed by atoms with Crippen LogP contribution in [-0.4, -0.2) is 28.4 Å². The van der Waals surface area contributed by atoms with Gasteiger partial charge in [0.2, 0.25) is 0 Å². The van der Waals surface area contributed by atoms with Crippen LogP contribution in [0.15, 0.2) is 12.3 Å². The molecule has 0 radical (unpaired) electrons. The number of carbonyl (C=O) groups is 1. The molecule has 1 saturated carbocycles. The van der Waals surface area contributed by atoms with Crippen molar-refractivity contribution in [1.29, 1.82) is 0 Å². The maximum Gasteiger partial charge on any atom is 0.256 e. The zero-order valence-corrected chi connectivity index (χ0v) is 12.2. The monoisotopic (exact) mass is 311 g/mol. The third-order valence-corrected chi connectivity index (χ3v) is 3.32. The number of pyridine rings is 1. The van der Waals surface area contributed by atoms with Gasteiger partial charge in [-0.3, -0.25) is 4.79 Å². The molecule has 0 bridgehead atoms. The molecule has 0 aliphatic heterocycles. The van der Waals surface area contributed by atoms with Crippen molar-refractivity contribution in [1.82, 2.24) is 10.3 Å². The molecule has 2 rings (SSSR count). The second kappa shape index (κ2) is 5.52. The molecule has 22 heavy (non-hydrogen) atoms. The van der Waals surface area contributed by atoms with Crippen LogP contribution in [0.25, 0.3) is 0 Å². The topological polar surface area (TPSA) is 54.0 Å². The van der Waals surface area contributed by atoms with E-state index in [1.807, 2.05) is 0 Å². The first-order valence-electron chi connectivity index (χ1n) is 6.72. The number of alkyl halides is 2. The molecule has 1 aliphatic carbocycles. The highest BCUT2D eigenvalue weighted by molar-refractivity contribution is 5.99. The van der Waals surface area contributed by atoms with Gasteiger partial charge in [-0.2, -0.15) is 0 Å². The Morgan fingerprint density at radius 3 is 2.68 bits per heavy atom. The number of halogens is 3. The molecule has 0 aromatic carbocycles. The number of hydrogen-bond acceptors (Lipinski definition) is 3. The average Bonchev–Trinajstić information content (AvgIpc) is 2.38. The van der Waals surface area contributed by atoms with Crippen molar-refractivity contribution in [3.63, 3.8) is 0 Å². The fraction of sp³-hybridized carbons (Fsp3) is 0.467. The summed E-state index contributed by atoms with van der Waals surface area (Å²) in [5.41, 5.74) is -0.997. The first-order chi connectivity index (χ1) is 10.1. The van der Waals surface area contributed by atoms with Crippen LogP contribution in [0.1, 0.15) is 37.0 Å². The van der Waals surface area contributed by atoms with Gasteiger partial charge in [-0.1, -0.05) is 5.92 Å². The lowest BCUT2D eigenvalue weighted by atomic mass is 9.88. The highest BCUT2D eigenvalue weighted by Gasteiger charge is 2.45. The summed E-state index contributed by atoms with van der Waals surface area (Å²) in [7, 11) is 0. The van der Waals surface area contributed by atoms with Crippen molar-refractivity contribution in [3.8, 4) is 12.3 Å². The second-order valence-electron chi connectivity index (χ2n) is 5.88. The zero-order valence-electron chi connectivity index (χ0n) is 12.2. The van der Waals surface area contributed by atoms with Gasteiger partial charge in [0.1, 0.15) is 11.6 Å². The quantitative estimate of drug-likeness (QED) is 0.840. The van der Waals surface area contributed by atoms with E-state index in [4.69, 9.17) is 6.42 Å². The Bertz CT molecular complexity index is 629. The second-order valence-corrected chi connectivity index (χ2v) is 5.88. The van der Waals surface area contributed by atoms with E-state index in [1.54, 1.807) is 13.8 Å². The fourth-order valence-corrected chi connectivity index (χ4v) is 2.07. The summed E-state index contributed by atoms with van der Waals surface area (Å²) in [6.45, 7) is 3.22. The van der Waals surface area contributed by atoms with Crippen molar-refractivity contribution in [3.05, 3.63) is 23.6 Å². The smallest absolute Gasteiger partial charge is 0.256 e. The molecule has 1 amide bonds. The summed E-state index contributed by atoms with van der Waals surface area (Å²) in [6.07, 6.45) is 5.52. The maximum absolute atomic E-state index is 13.3. The normalized spacial score (nSPS) is 17.3. The first kappa shape index (κ1) is 16.1. The minimum atomic E-state index is -2.70. The van der Waals surface area contributed by atoms with Crippen LogP contribution in [0.2, 0.25) is 0 Å². The van der Waals surface area contributed by atoms with Gasteiger partial charge in [0, 0.05) is 18.9 Å². The van der Waals surface area contributed by atoms with Crippen molar-refractivity contribution in [2.24, 2.45) is 0 Å². The Balaban J connectivity index is 2.18. The Labute approximate surface area is 126 Å². The average molecular weight is 311 g/mol. The molecule has 1 heterocycles. The number of terminal acetylenes is 1. The molecule has 1 aliphatic rings. The Hall–Kier alpha value is -2.23. The molecule has 0 atom stereocenters. The van der Waals surface area contributed by atoms with E-state index in [0.29, 0.717) is 0 Å². The van der Waals surface area contributed by atoms with Gasteiger partial charge in [0.25, 0.3) is 11.8 Å². The van der Waals surface area contributed by atoms with E-state index in [-0.39, 0.29) is 24.2 Å². The number of aromatic nitrogens is 1. The largest absolute Gasteiger partial charge is 0.366 e. The Morgan fingerprint density at radius 1 is 1.50 bits per heavy atom. The van der Waals surface area contributed by atoms with Crippen LogP contribution < -0.4 is 10.6 Å². The van der Waals surface area contributed by atoms with Crippen molar-refractivity contribution in [2.75, 3.05) is 5.32 Å². The number of carbonyl (C=O) groups excluding carboxylic acids is 1. The molecule has 0 saturated heterocycles. The van der Waals surface area contributed by atoms with Gasteiger partial charge in [0.15, 0.2) is 0 Å². The number of amides is 1. The van der Waals surface area contributed by atoms with Gasteiger partial charge in [-0.15, -0.1) is 6.42 Å². The molecule has 7 heteroatoms. The number of nitrogens with one attached hydrogen (secondary N) is 2. The van der Waals surface area contributed by atoms with Crippen molar-refractivity contribution < 1.29 is 18.0 Å². The third kappa shape index (κ3) is 3.70. The molecule has 1 aromatic rings. The number of anilines is 1. The highest BCUT2D eigenvalue weighted by atomic mass is 19.3. The standard InChI is InChI=1S/C15H16F3N3O/c1-4-14(2,3)21-13(22)11-5-9(16)8-19-12(11)20-10-6-15(17,18)7-10/h1,5,8,10H,6-7H2,2-3H3,(H,19,20)(H,21,22). The summed E-state index contributed by atoms with van der Waals surface area (Å²) in [6, 6.07) is 0.494. The summed E-state index contributed by atoms with van der Waals surface area (Å²) in [4.78, 5) is 16.0. The van der Waals surface area contributed by atoms with Crippen molar-refractivity contribution in [2.45, 2.75) is 44.2 Å². The summed E-state index contributed by atoms with van der Waals surface area (Å²) in [5.74, 6) is -1.58. The van der Waals surface area contributed by atoms with E-state index in [0.717, 1.165) is 12.3 Å². The molecule has 2 N–H and O–H groups in total. The molecule has 1 fully saturated rings. The Morgan fingerprint density at radius 2 is 2.14 bits per heavy atom. The maximum atomic E-state index is 13.3. The van der Waals surface area contributed by atoms with Crippen LogP contribution >= 0.6 is 0 Å². The minimum absolute atomic E-state index is 0.0622. The van der Waals surface area contributed by atoms with Crippen molar-refractivity contribution >= 4 is 11.7 Å². The fourth-order valence-electron chi connectivity index (χ4n) is 2.07. The minimum Gasteiger partial charge on any atom is -0.366 e. The third-order valence-electron chi connectivity index (χ3n) is 3.32. The first-order valence-corrected chi connectivity index (χ1v) is 6.72. The van der Waals surface area contributed by atoms with E-state index >= 15 is 0 Å². The van der Waals surface area contributed by atoms with Gasteiger partial charge >= 0.3 is 0 Å². The van der Waals surface area contributed by atoms with Crippen LogP contribution in [0.5, 0.6) is 0 Å². The van der Waals surface area contributed by atoms with Crippen LogP contribution in [0.3, 0.4) is 0 Å². The summed E-state index contributed by atoms with van der Waals surface area (Å²) >= 11 is 0. The Kier molecular flexibility index (Phi) is 4.05. The lowest BCUT2D eigenvalue weighted by molar-refractivity contribution is -0.0794. The van der Waals surface area contributed by atoms with Gasteiger partial charge < -0.3 is 10.6 Å². The van der Waals surface area contributed by atoms with E-state index in [2.05, 4.69) is 21.5 Å².